The van der Waals surface area contributed by atoms with Crippen LogP contribution in [0.25, 0.3) is 0 Å². The molecule has 1 aliphatic rings. The topological polar surface area (TPSA) is 20.2 Å². The van der Waals surface area contributed by atoms with Crippen molar-refractivity contribution in [1.29, 1.82) is 0 Å². The molecule has 0 amide bonds. The molecule has 78 valence electrons. The second-order valence-electron chi connectivity index (χ2n) is 3.89. The van der Waals surface area contributed by atoms with E-state index in [1.54, 1.807) is 6.92 Å². The Bertz CT molecular complexity index is 157. The van der Waals surface area contributed by atoms with Crippen molar-refractivity contribution in [1.82, 2.24) is 0 Å². The zero-order chi connectivity index (χ0) is 10.1. The molecule has 4 heteroatoms. The van der Waals surface area contributed by atoms with Crippen LogP contribution in [0.15, 0.2) is 0 Å². The molecular weight excluding hydrogens is 181 g/mol. The molecule has 1 N–H and O–H groups in total. The van der Waals surface area contributed by atoms with Crippen molar-refractivity contribution in [3.8, 4) is 0 Å². The van der Waals surface area contributed by atoms with Gasteiger partial charge in [0.05, 0.1) is 12.0 Å². The van der Waals surface area contributed by atoms with E-state index in [1.807, 2.05) is 0 Å². The Morgan fingerprint density at radius 2 is 1.62 bits per heavy atom. The largest absolute Gasteiger partial charge is 0.393 e. The lowest BCUT2D eigenvalue weighted by molar-refractivity contribution is -0.185. The van der Waals surface area contributed by atoms with Crippen LogP contribution in [0.1, 0.15) is 32.6 Å². The summed E-state index contributed by atoms with van der Waals surface area (Å²) in [6.07, 6.45) is -3.14. The molecule has 1 atom stereocenters. The van der Waals surface area contributed by atoms with E-state index in [-0.39, 0.29) is 18.8 Å². The maximum absolute atomic E-state index is 12.2. The third kappa shape index (κ3) is 2.86. The standard InChI is InChI=1S/C9H15F3O/c1-6(13)7-2-4-8(5-3-7)9(10,11)12/h6-8,13H,2-5H2,1H3. The molecule has 0 heterocycles. The van der Waals surface area contributed by atoms with E-state index in [2.05, 4.69) is 0 Å². The SMILES string of the molecule is CC(O)C1CCC(C(F)(F)F)CC1. The summed E-state index contributed by atoms with van der Waals surface area (Å²) in [6, 6.07) is 0. The quantitative estimate of drug-likeness (QED) is 0.683. The second kappa shape index (κ2) is 3.86. The average molecular weight is 196 g/mol. The number of aliphatic hydroxyl groups excluding tert-OH is 1. The maximum Gasteiger partial charge on any atom is 0.391 e. The van der Waals surface area contributed by atoms with E-state index in [1.165, 1.54) is 0 Å². The van der Waals surface area contributed by atoms with Gasteiger partial charge in [0, 0.05) is 0 Å². The van der Waals surface area contributed by atoms with E-state index in [0.29, 0.717) is 12.8 Å². The molecule has 1 saturated carbocycles. The molecule has 1 rings (SSSR count). The fourth-order valence-corrected chi connectivity index (χ4v) is 1.93. The third-order valence-electron chi connectivity index (χ3n) is 2.92. The van der Waals surface area contributed by atoms with Crippen molar-refractivity contribution in [2.24, 2.45) is 11.8 Å². The molecular formula is C9H15F3O. The molecule has 0 aromatic carbocycles. The molecule has 1 nitrogen and oxygen atoms in total. The highest BCUT2D eigenvalue weighted by atomic mass is 19.4. The second-order valence-corrected chi connectivity index (χ2v) is 3.89. The van der Waals surface area contributed by atoms with Gasteiger partial charge in [-0.25, -0.2) is 0 Å². The molecule has 1 aliphatic carbocycles. The van der Waals surface area contributed by atoms with Gasteiger partial charge in [-0.2, -0.15) is 13.2 Å². The Hall–Kier alpha value is -0.250. The van der Waals surface area contributed by atoms with Gasteiger partial charge in [-0.1, -0.05) is 0 Å². The summed E-state index contributed by atoms with van der Waals surface area (Å²) in [4.78, 5) is 0. The summed E-state index contributed by atoms with van der Waals surface area (Å²) in [6.45, 7) is 1.65. The predicted molar refractivity (Wildman–Crippen MR) is 43.2 cm³/mol. The minimum atomic E-state index is -4.04. The minimum absolute atomic E-state index is 0.0681. The Kier molecular flexibility index (Phi) is 3.22. The van der Waals surface area contributed by atoms with Crippen LogP contribution in [-0.2, 0) is 0 Å². The van der Waals surface area contributed by atoms with Crippen molar-refractivity contribution in [2.75, 3.05) is 0 Å². The fourth-order valence-electron chi connectivity index (χ4n) is 1.93. The predicted octanol–water partition coefficient (Wildman–Crippen LogP) is 2.74. The van der Waals surface area contributed by atoms with E-state index >= 15 is 0 Å². The average Bonchev–Trinajstić information content (AvgIpc) is 2.03. The van der Waals surface area contributed by atoms with Crippen LogP contribution < -0.4 is 0 Å². The lowest BCUT2D eigenvalue weighted by atomic mass is 9.79. The number of rotatable bonds is 1. The van der Waals surface area contributed by atoms with Crippen LogP contribution >= 0.6 is 0 Å². The van der Waals surface area contributed by atoms with E-state index in [9.17, 15) is 18.3 Å². The number of aliphatic hydroxyl groups is 1. The molecule has 0 aliphatic heterocycles. The third-order valence-corrected chi connectivity index (χ3v) is 2.92. The first kappa shape index (κ1) is 10.8. The van der Waals surface area contributed by atoms with Gasteiger partial charge < -0.3 is 5.11 Å². The smallest absolute Gasteiger partial charge is 0.391 e. The normalized spacial score (nSPS) is 33.0. The van der Waals surface area contributed by atoms with Gasteiger partial charge in [-0.3, -0.25) is 0 Å². The molecule has 1 fully saturated rings. The van der Waals surface area contributed by atoms with Gasteiger partial charge in [-0.05, 0) is 38.5 Å². The summed E-state index contributed by atoms with van der Waals surface area (Å²) in [5.41, 5.74) is 0. The van der Waals surface area contributed by atoms with Crippen LogP contribution in [0.3, 0.4) is 0 Å². The Balaban J connectivity index is 2.39. The number of hydrogen-bond acceptors (Lipinski definition) is 1. The highest BCUT2D eigenvalue weighted by molar-refractivity contribution is 4.79. The van der Waals surface area contributed by atoms with Crippen molar-refractivity contribution in [3.05, 3.63) is 0 Å². The maximum atomic E-state index is 12.2. The van der Waals surface area contributed by atoms with Crippen molar-refractivity contribution in [2.45, 2.75) is 44.9 Å². The molecule has 0 aromatic rings. The van der Waals surface area contributed by atoms with Gasteiger partial charge in [0.15, 0.2) is 0 Å². The molecule has 13 heavy (non-hydrogen) atoms. The molecule has 0 spiro atoms. The molecule has 0 radical (unpaired) electrons. The molecule has 0 saturated heterocycles. The summed E-state index contributed by atoms with van der Waals surface area (Å²) >= 11 is 0. The highest BCUT2D eigenvalue weighted by Crippen LogP contribution is 2.40. The monoisotopic (exact) mass is 196 g/mol. The van der Waals surface area contributed by atoms with Gasteiger partial charge in [0.1, 0.15) is 0 Å². The molecule has 1 unspecified atom stereocenters. The summed E-state index contributed by atoms with van der Waals surface area (Å²) in [5, 5.41) is 9.18. The fraction of sp³-hybridized carbons (Fsp3) is 1.00. The zero-order valence-corrected chi connectivity index (χ0v) is 7.64. The van der Waals surface area contributed by atoms with Crippen LogP contribution in [0.5, 0.6) is 0 Å². The summed E-state index contributed by atoms with van der Waals surface area (Å²) in [7, 11) is 0. The summed E-state index contributed by atoms with van der Waals surface area (Å²) in [5.74, 6) is -1.07. The molecule has 0 bridgehead atoms. The Morgan fingerprint density at radius 3 is 1.92 bits per heavy atom. The molecule has 0 aromatic heterocycles. The van der Waals surface area contributed by atoms with Crippen molar-refractivity contribution < 1.29 is 18.3 Å². The van der Waals surface area contributed by atoms with E-state index in [0.717, 1.165) is 0 Å². The zero-order valence-electron chi connectivity index (χ0n) is 7.64. The Morgan fingerprint density at radius 1 is 1.15 bits per heavy atom. The van der Waals surface area contributed by atoms with Gasteiger partial charge in [0.25, 0.3) is 0 Å². The van der Waals surface area contributed by atoms with E-state index < -0.39 is 18.2 Å². The van der Waals surface area contributed by atoms with Crippen molar-refractivity contribution in [3.63, 3.8) is 0 Å². The number of hydrogen-bond donors (Lipinski definition) is 1. The van der Waals surface area contributed by atoms with Gasteiger partial charge >= 0.3 is 6.18 Å². The summed E-state index contributed by atoms with van der Waals surface area (Å²) < 4.78 is 36.6. The van der Waals surface area contributed by atoms with E-state index in [4.69, 9.17) is 0 Å². The van der Waals surface area contributed by atoms with Crippen molar-refractivity contribution >= 4 is 0 Å². The van der Waals surface area contributed by atoms with Crippen LogP contribution in [0.4, 0.5) is 13.2 Å². The van der Waals surface area contributed by atoms with Crippen LogP contribution in [0.2, 0.25) is 0 Å². The highest BCUT2D eigenvalue weighted by Gasteiger charge is 2.41. The first-order chi connectivity index (χ1) is 5.91. The number of alkyl halides is 3. The Labute approximate surface area is 75.9 Å². The van der Waals surface area contributed by atoms with Crippen LogP contribution in [0, 0.1) is 11.8 Å². The lowest BCUT2D eigenvalue weighted by Gasteiger charge is -2.31. The van der Waals surface area contributed by atoms with Gasteiger partial charge in [0.2, 0.25) is 0 Å². The minimum Gasteiger partial charge on any atom is -0.393 e. The van der Waals surface area contributed by atoms with Crippen LogP contribution in [-0.4, -0.2) is 17.4 Å². The van der Waals surface area contributed by atoms with Gasteiger partial charge in [-0.15, -0.1) is 0 Å². The lowest BCUT2D eigenvalue weighted by Crippen LogP contribution is -2.30. The first-order valence-corrected chi connectivity index (χ1v) is 4.66. The first-order valence-electron chi connectivity index (χ1n) is 4.66. The number of halogens is 3.